The molecule has 2 fully saturated rings. The highest BCUT2D eigenvalue weighted by Crippen LogP contribution is 2.32. The van der Waals surface area contributed by atoms with E-state index in [2.05, 4.69) is 19.6 Å². The molecule has 4 atom stereocenters. The van der Waals surface area contributed by atoms with Gasteiger partial charge in [-0.1, -0.05) is 0 Å². The van der Waals surface area contributed by atoms with Gasteiger partial charge < -0.3 is 28.5 Å². The molecule has 0 bridgehead atoms. The van der Waals surface area contributed by atoms with Crippen LogP contribution in [0.2, 0.25) is 19.6 Å². The van der Waals surface area contributed by atoms with Crippen molar-refractivity contribution >= 4 is 8.32 Å². The van der Waals surface area contributed by atoms with E-state index in [0.29, 0.717) is 13.2 Å². The van der Waals surface area contributed by atoms with E-state index in [1.807, 2.05) is 27.7 Å². The molecular formula is C15H30O6Si. The van der Waals surface area contributed by atoms with E-state index in [-0.39, 0.29) is 6.10 Å². The van der Waals surface area contributed by atoms with Crippen LogP contribution in [-0.4, -0.2) is 62.6 Å². The molecule has 0 aliphatic carbocycles. The molecule has 2 saturated heterocycles. The molecule has 7 heteroatoms. The maximum absolute atomic E-state index is 10.8. The van der Waals surface area contributed by atoms with Gasteiger partial charge in [0.2, 0.25) is 0 Å². The number of aliphatic hydroxyl groups excluding tert-OH is 1. The van der Waals surface area contributed by atoms with Gasteiger partial charge >= 0.3 is 0 Å². The van der Waals surface area contributed by atoms with Gasteiger partial charge in [0.05, 0.1) is 19.3 Å². The lowest BCUT2D eigenvalue weighted by molar-refractivity contribution is -0.322. The Bertz CT molecular complexity index is 392. The molecule has 0 spiro atoms. The summed E-state index contributed by atoms with van der Waals surface area (Å²) >= 11 is 0. The van der Waals surface area contributed by atoms with E-state index >= 15 is 0 Å². The Labute approximate surface area is 134 Å². The molecule has 0 unspecified atom stereocenters. The van der Waals surface area contributed by atoms with Crippen LogP contribution >= 0.6 is 0 Å². The predicted octanol–water partition coefficient (Wildman–Crippen LogP) is 1.87. The molecule has 6 nitrogen and oxygen atoms in total. The number of hydrogen-bond acceptors (Lipinski definition) is 6. The average molecular weight is 334 g/mol. The third kappa shape index (κ3) is 4.74. The number of rotatable bonds is 4. The van der Waals surface area contributed by atoms with E-state index in [4.69, 9.17) is 23.4 Å². The minimum Gasteiger partial charge on any atom is -0.410 e. The van der Waals surface area contributed by atoms with E-state index in [9.17, 15) is 5.11 Å². The third-order valence-electron chi connectivity index (χ3n) is 3.63. The van der Waals surface area contributed by atoms with E-state index in [0.717, 1.165) is 0 Å². The second-order valence-electron chi connectivity index (χ2n) is 7.92. The summed E-state index contributed by atoms with van der Waals surface area (Å²) in [6, 6.07) is 0. The zero-order valence-corrected chi connectivity index (χ0v) is 15.7. The van der Waals surface area contributed by atoms with Crippen molar-refractivity contribution in [2.75, 3.05) is 13.2 Å². The second-order valence-corrected chi connectivity index (χ2v) is 12.4. The number of aliphatic hydroxyl groups is 1. The van der Waals surface area contributed by atoms with Crippen LogP contribution in [0.1, 0.15) is 27.7 Å². The van der Waals surface area contributed by atoms with Gasteiger partial charge in [-0.25, -0.2) is 0 Å². The standard InChI is InChI=1S/C15H30O6Si/c1-14(2)17-8-10(19-14)12(16)13-11(21-22(5,6)7)9-18-15(3,4)20-13/h10-13,16H,8-9H2,1-7H3/t10-,11-,12-,13-/m1/s1. The molecule has 2 heterocycles. The summed E-state index contributed by atoms with van der Waals surface area (Å²) in [6.07, 6.45) is -2.06. The first-order valence-electron chi connectivity index (χ1n) is 7.88. The first-order chi connectivity index (χ1) is 9.89. The Kier molecular flexibility index (Phi) is 5.10. The lowest BCUT2D eigenvalue weighted by Gasteiger charge is -2.45. The van der Waals surface area contributed by atoms with Gasteiger partial charge in [0.15, 0.2) is 19.9 Å². The van der Waals surface area contributed by atoms with Crippen LogP contribution in [0.15, 0.2) is 0 Å². The lowest BCUT2D eigenvalue weighted by Crippen LogP contribution is -2.59. The topological polar surface area (TPSA) is 66.4 Å². The van der Waals surface area contributed by atoms with Crippen LogP contribution < -0.4 is 0 Å². The van der Waals surface area contributed by atoms with Crippen molar-refractivity contribution in [1.82, 2.24) is 0 Å². The number of hydrogen-bond donors (Lipinski definition) is 1. The van der Waals surface area contributed by atoms with Crippen LogP contribution in [0.3, 0.4) is 0 Å². The first-order valence-corrected chi connectivity index (χ1v) is 11.3. The molecule has 0 radical (unpaired) electrons. The van der Waals surface area contributed by atoms with Crippen LogP contribution in [0, 0.1) is 0 Å². The minimum atomic E-state index is -1.79. The summed E-state index contributed by atoms with van der Waals surface area (Å²) in [5.41, 5.74) is 0. The lowest BCUT2D eigenvalue weighted by atomic mass is 10.0. The fraction of sp³-hybridized carbons (Fsp3) is 1.00. The molecule has 0 saturated carbocycles. The van der Waals surface area contributed by atoms with Gasteiger partial charge in [0, 0.05) is 0 Å². The molecule has 130 valence electrons. The van der Waals surface area contributed by atoms with Crippen LogP contribution in [0.4, 0.5) is 0 Å². The van der Waals surface area contributed by atoms with Gasteiger partial charge in [-0.2, -0.15) is 0 Å². The van der Waals surface area contributed by atoms with Gasteiger partial charge in [-0.05, 0) is 47.3 Å². The van der Waals surface area contributed by atoms with Crippen LogP contribution in [0.25, 0.3) is 0 Å². The van der Waals surface area contributed by atoms with Gasteiger partial charge in [-0.3, -0.25) is 0 Å². The first kappa shape index (κ1) is 18.3. The molecule has 2 aliphatic heterocycles. The highest BCUT2D eigenvalue weighted by molar-refractivity contribution is 6.69. The van der Waals surface area contributed by atoms with Crippen molar-refractivity contribution in [1.29, 1.82) is 0 Å². The van der Waals surface area contributed by atoms with Crippen molar-refractivity contribution < 1.29 is 28.5 Å². The maximum Gasteiger partial charge on any atom is 0.184 e. The van der Waals surface area contributed by atoms with Gasteiger partial charge in [-0.15, -0.1) is 0 Å². The van der Waals surface area contributed by atoms with Crippen molar-refractivity contribution in [3.8, 4) is 0 Å². The maximum atomic E-state index is 10.8. The summed E-state index contributed by atoms with van der Waals surface area (Å²) in [5, 5.41) is 10.8. The molecule has 2 rings (SSSR count). The van der Waals surface area contributed by atoms with E-state index in [1.54, 1.807) is 0 Å². The fourth-order valence-corrected chi connectivity index (χ4v) is 3.87. The Morgan fingerprint density at radius 3 is 2.05 bits per heavy atom. The summed E-state index contributed by atoms with van der Waals surface area (Å²) in [4.78, 5) is 0. The Hall–Kier alpha value is -0.0231. The summed E-state index contributed by atoms with van der Waals surface area (Å²) in [5.74, 6) is -1.43. The van der Waals surface area contributed by atoms with Crippen LogP contribution in [-0.2, 0) is 23.4 Å². The normalized spacial score (nSPS) is 36.3. The zero-order chi connectivity index (χ0) is 16.8. The molecule has 0 aromatic rings. The quantitative estimate of drug-likeness (QED) is 0.792. The summed E-state index contributed by atoms with van der Waals surface area (Å²) in [6.45, 7) is 14.4. The van der Waals surface area contributed by atoms with Crippen molar-refractivity contribution in [2.24, 2.45) is 0 Å². The third-order valence-corrected chi connectivity index (χ3v) is 4.64. The molecule has 22 heavy (non-hydrogen) atoms. The Balaban J connectivity index is 2.11. The molecule has 2 aliphatic rings. The second kappa shape index (κ2) is 6.12. The Morgan fingerprint density at radius 1 is 1.00 bits per heavy atom. The smallest absolute Gasteiger partial charge is 0.184 e. The molecular weight excluding hydrogens is 304 g/mol. The monoisotopic (exact) mass is 334 g/mol. The molecule has 0 aromatic heterocycles. The number of ether oxygens (including phenoxy) is 4. The predicted molar refractivity (Wildman–Crippen MR) is 84.0 cm³/mol. The highest BCUT2D eigenvalue weighted by Gasteiger charge is 2.48. The molecule has 1 N–H and O–H groups in total. The van der Waals surface area contributed by atoms with Crippen molar-refractivity contribution in [2.45, 2.75) is 83.3 Å². The van der Waals surface area contributed by atoms with Crippen molar-refractivity contribution in [3.63, 3.8) is 0 Å². The molecule has 0 amide bonds. The SMILES string of the molecule is CC1(C)OC[C@@H](O[Si](C)(C)C)[C@H]([C@H](O)[C@H]2COC(C)(C)O2)O1. The minimum absolute atomic E-state index is 0.304. The van der Waals surface area contributed by atoms with E-state index < -0.39 is 38.2 Å². The van der Waals surface area contributed by atoms with Gasteiger partial charge in [0.1, 0.15) is 18.3 Å². The largest absolute Gasteiger partial charge is 0.410 e. The molecule has 0 aromatic carbocycles. The van der Waals surface area contributed by atoms with Gasteiger partial charge in [0.25, 0.3) is 0 Å². The fourth-order valence-electron chi connectivity index (χ4n) is 2.76. The average Bonchev–Trinajstić information content (AvgIpc) is 2.69. The zero-order valence-electron chi connectivity index (χ0n) is 14.7. The van der Waals surface area contributed by atoms with Crippen molar-refractivity contribution in [3.05, 3.63) is 0 Å². The van der Waals surface area contributed by atoms with E-state index in [1.165, 1.54) is 0 Å². The Morgan fingerprint density at radius 2 is 1.55 bits per heavy atom. The summed E-state index contributed by atoms with van der Waals surface area (Å²) < 4.78 is 29.1. The highest BCUT2D eigenvalue weighted by atomic mass is 28.4. The van der Waals surface area contributed by atoms with Crippen LogP contribution in [0.5, 0.6) is 0 Å². The summed E-state index contributed by atoms with van der Waals surface area (Å²) in [7, 11) is -1.79.